The van der Waals surface area contributed by atoms with Crippen LogP contribution < -0.4 is 5.73 Å². The van der Waals surface area contributed by atoms with E-state index >= 15 is 0 Å². The molecule has 0 saturated heterocycles. The third-order valence-corrected chi connectivity index (χ3v) is 6.28. The highest BCUT2D eigenvalue weighted by Gasteiger charge is 2.29. The predicted octanol–water partition coefficient (Wildman–Crippen LogP) is 3.99. The number of aryl methyl sites for hydroxylation is 2. The Hall–Kier alpha value is -1.19. The number of aromatic nitrogens is 1. The van der Waals surface area contributed by atoms with Gasteiger partial charge in [-0.3, -0.25) is 0 Å². The summed E-state index contributed by atoms with van der Waals surface area (Å²) in [4.78, 5) is 6.57. The third kappa shape index (κ3) is 2.33. The average Bonchev–Trinajstić information content (AvgIpc) is 2.98. The van der Waals surface area contributed by atoms with Crippen molar-refractivity contribution in [2.75, 3.05) is 6.54 Å². The van der Waals surface area contributed by atoms with E-state index in [1.165, 1.54) is 65.2 Å². The summed E-state index contributed by atoms with van der Waals surface area (Å²) in [6.07, 6.45) is 7.45. The van der Waals surface area contributed by atoms with E-state index < -0.39 is 0 Å². The first-order valence-electron chi connectivity index (χ1n) is 8.14. The van der Waals surface area contributed by atoms with Gasteiger partial charge in [0, 0.05) is 23.3 Å². The van der Waals surface area contributed by atoms with E-state index in [0.717, 1.165) is 6.54 Å². The minimum atomic E-state index is 0.498. The Morgan fingerprint density at radius 3 is 2.90 bits per heavy atom. The molecule has 0 spiro atoms. The highest BCUT2D eigenvalue weighted by molar-refractivity contribution is 7.11. The van der Waals surface area contributed by atoms with E-state index in [0.29, 0.717) is 11.8 Å². The van der Waals surface area contributed by atoms with Crippen molar-refractivity contribution >= 4 is 11.3 Å². The molecule has 2 N–H and O–H groups in total. The number of nitrogens with two attached hydrogens (primary N) is 1. The maximum Gasteiger partial charge on any atom is 0.101 e. The Kier molecular flexibility index (Phi) is 3.56. The second-order valence-corrected chi connectivity index (χ2v) is 7.44. The van der Waals surface area contributed by atoms with E-state index in [4.69, 9.17) is 10.7 Å². The van der Waals surface area contributed by atoms with Crippen molar-refractivity contribution in [1.82, 2.24) is 4.98 Å². The van der Waals surface area contributed by atoms with Gasteiger partial charge in [-0.05, 0) is 49.7 Å². The average molecular weight is 298 g/mol. The molecule has 1 aromatic carbocycles. The van der Waals surface area contributed by atoms with Crippen molar-refractivity contribution in [3.63, 3.8) is 0 Å². The van der Waals surface area contributed by atoms with Crippen LogP contribution in [0.2, 0.25) is 0 Å². The van der Waals surface area contributed by atoms with Crippen molar-refractivity contribution < 1.29 is 0 Å². The summed E-state index contributed by atoms with van der Waals surface area (Å²) in [5.41, 5.74) is 10.3. The van der Waals surface area contributed by atoms with E-state index in [9.17, 15) is 0 Å². The van der Waals surface area contributed by atoms with Gasteiger partial charge >= 0.3 is 0 Å². The molecule has 0 fully saturated rings. The third-order valence-electron chi connectivity index (χ3n) is 5.04. The highest BCUT2D eigenvalue weighted by atomic mass is 32.1. The van der Waals surface area contributed by atoms with Crippen LogP contribution in [0.25, 0.3) is 0 Å². The SMILES string of the molecule is NCC1CCCc2sc(C3CCCc4ccccc43)nc21. The molecule has 21 heavy (non-hydrogen) atoms. The van der Waals surface area contributed by atoms with Gasteiger partial charge in [0.05, 0.1) is 5.69 Å². The molecule has 2 aromatic rings. The van der Waals surface area contributed by atoms with Crippen molar-refractivity contribution in [1.29, 1.82) is 0 Å². The standard InChI is InChI=1S/C18H22N2S/c19-11-13-7-4-10-16-17(13)20-18(21-16)15-9-3-6-12-5-1-2-8-14(12)15/h1-2,5,8,13,15H,3-4,6-7,9-11,19H2. The molecule has 2 aliphatic rings. The molecule has 1 aromatic heterocycles. The van der Waals surface area contributed by atoms with Gasteiger partial charge in [-0.15, -0.1) is 11.3 Å². The van der Waals surface area contributed by atoms with Crippen molar-refractivity contribution in [2.24, 2.45) is 5.73 Å². The van der Waals surface area contributed by atoms with Gasteiger partial charge in [0.2, 0.25) is 0 Å². The maximum absolute atomic E-state index is 5.95. The summed E-state index contributed by atoms with van der Waals surface area (Å²) in [6.45, 7) is 0.747. The molecule has 2 nitrogen and oxygen atoms in total. The first-order valence-corrected chi connectivity index (χ1v) is 8.96. The van der Waals surface area contributed by atoms with Crippen LogP contribution in [0.3, 0.4) is 0 Å². The van der Waals surface area contributed by atoms with Gasteiger partial charge in [0.1, 0.15) is 5.01 Å². The van der Waals surface area contributed by atoms with Gasteiger partial charge < -0.3 is 5.73 Å². The van der Waals surface area contributed by atoms with Gasteiger partial charge in [0.25, 0.3) is 0 Å². The number of nitrogens with zero attached hydrogens (tertiary/aromatic N) is 1. The molecule has 0 saturated carbocycles. The molecule has 0 radical (unpaired) electrons. The molecule has 110 valence electrons. The molecule has 2 aliphatic carbocycles. The summed E-state index contributed by atoms with van der Waals surface area (Å²) in [5, 5.41) is 1.34. The van der Waals surface area contributed by atoms with Crippen molar-refractivity contribution in [2.45, 2.75) is 50.4 Å². The molecule has 0 amide bonds. The lowest BCUT2D eigenvalue weighted by Gasteiger charge is -2.23. The lowest BCUT2D eigenvalue weighted by atomic mass is 9.83. The van der Waals surface area contributed by atoms with E-state index in [1.807, 2.05) is 11.3 Å². The van der Waals surface area contributed by atoms with E-state index in [-0.39, 0.29) is 0 Å². The zero-order chi connectivity index (χ0) is 14.2. The largest absolute Gasteiger partial charge is 0.330 e. The zero-order valence-electron chi connectivity index (χ0n) is 12.3. The lowest BCUT2D eigenvalue weighted by molar-refractivity contribution is 0.549. The Morgan fingerprint density at radius 1 is 1.14 bits per heavy atom. The molecule has 0 bridgehead atoms. The Labute approximate surface area is 130 Å². The second kappa shape index (κ2) is 5.54. The molecular formula is C18H22N2S. The second-order valence-electron chi connectivity index (χ2n) is 6.33. The summed E-state index contributed by atoms with van der Waals surface area (Å²) < 4.78 is 0. The summed E-state index contributed by atoms with van der Waals surface area (Å²) in [6, 6.07) is 8.93. The van der Waals surface area contributed by atoms with Crippen LogP contribution in [-0.2, 0) is 12.8 Å². The molecule has 3 heteroatoms. The van der Waals surface area contributed by atoms with Gasteiger partial charge in [-0.2, -0.15) is 0 Å². The molecule has 0 aliphatic heterocycles. The van der Waals surface area contributed by atoms with Crippen LogP contribution in [0.1, 0.15) is 64.2 Å². The zero-order valence-corrected chi connectivity index (χ0v) is 13.2. The molecule has 1 heterocycles. The number of rotatable bonds is 2. The Balaban J connectivity index is 1.74. The van der Waals surface area contributed by atoms with Crippen LogP contribution in [0.4, 0.5) is 0 Å². The Morgan fingerprint density at radius 2 is 2.00 bits per heavy atom. The number of hydrogen-bond acceptors (Lipinski definition) is 3. The molecule has 2 unspecified atom stereocenters. The fourth-order valence-corrected chi connectivity index (χ4v) is 5.26. The van der Waals surface area contributed by atoms with E-state index in [1.54, 1.807) is 0 Å². The Bertz CT molecular complexity index is 646. The van der Waals surface area contributed by atoms with Crippen LogP contribution in [0.15, 0.2) is 24.3 Å². The number of benzene rings is 1. The van der Waals surface area contributed by atoms with Gasteiger partial charge in [0.15, 0.2) is 0 Å². The van der Waals surface area contributed by atoms with Gasteiger partial charge in [-0.25, -0.2) is 4.98 Å². The summed E-state index contributed by atoms with van der Waals surface area (Å²) in [5.74, 6) is 1.02. The summed E-state index contributed by atoms with van der Waals surface area (Å²) in [7, 11) is 0. The quantitative estimate of drug-likeness (QED) is 0.910. The summed E-state index contributed by atoms with van der Waals surface area (Å²) >= 11 is 1.96. The predicted molar refractivity (Wildman–Crippen MR) is 88.1 cm³/mol. The number of thiazole rings is 1. The minimum Gasteiger partial charge on any atom is -0.330 e. The number of hydrogen-bond donors (Lipinski definition) is 1. The fraction of sp³-hybridized carbons (Fsp3) is 0.500. The molecule has 4 rings (SSSR count). The van der Waals surface area contributed by atoms with Crippen LogP contribution in [0, 0.1) is 0 Å². The maximum atomic E-state index is 5.95. The monoisotopic (exact) mass is 298 g/mol. The fourth-order valence-electron chi connectivity index (χ4n) is 3.92. The minimum absolute atomic E-state index is 0.498. The first-order chi connectivity index (χ1) is 10.4. The molecular weight excluding hydrogens is 276 g/mol. The van der Waals surface area contributed by atoms with E-state index in [2.05, 4.69) is 24.3 Å². The smallest absolute Gasteiger partial charge is 0.101 e. The van der Waals surface area contributed by atoms with Crippen LogP contribution >= 0.6 is 11.3 Å². The van der Waals surface area contributed by atoms with Crippen molar-refractivity contribution in [3.8, 4) is 0 Å². The highest BCUT2D eigenvalue weighted by Crippen LogP contribution is 2.42. The lowest BCUT2D eigenvalue weighted by Crippen LogP contribution is -2.18. The topological polar surface area (TPSA) is 38.9 Å². The first kappa shape index (κ1) is 13.5. The van der Waals surface area contributed by atoms with Crippen LogP contribution in [0.5, 0.6) is 0 Å². The van der Waals surface area contributed by atoms with Gasteiger partial charge in [-0.1, -0.05) is 24.3 Å². The van der Waals surface area contributed by atoms with Crippen molar-refractivity contribution in [3.05, 3.63) is 51.0 Å². The normalized spacial score (nSPS) is 24.4. The van der Waals surface area contributed by atoms with Crippen LogP contribution in [-0.4, -0.2) is 11.5 Å². The molecule has 2 atom stereocenters. The number of fused-ring (bicyclic) bond motifs is 2.